The lowest BCUT2D eigenvalue weighted by Gasteiger charge is -2.20. The van der Waals surface area contributed by atoms with Gasteiger partial charge in [-0.15, -0.1) is 0 Å². The van der Waals surface area contributed by atoms with E-state index in [9.17, 15) is 4.39 Å². The highest BCUT2D eigenvalue weighted by molar-refractivity contribution is 14.1. The minimum atomic E-state index is -0.208. The Morgan fingerprint density at radius 2 is 1.89 bits per heavy atom. The van der Waals surface area contributed by atoms with E-state index in [0.29, 0.717) is 0 Å². The molecule has 0 spiro atoms. The van der Waals surface area contributed by atoms with Gasteiger partial charge in [0.15, 0.2) is 0 Å². The van der Waals surface area contributed by atoms with Crippen LogP contribution in [0, 0.1) is 9.39 Å². The molecule has 2 aromatic rings. The number of rotatable bonds is 4. The number of hydrogen-bond donors (Lipinski definition) is 1. The van der Waals surface area contributed by atoms with Crippen molar-refractivity contribution < 1.29 is 4.39 Å². The Morgan fingerprint density at radius 3 is 2.53 bits per heavy atom. The molecule has 2 rings (SSSR count). The average Bonchev–Trinajstić information content (AvgIpc) is 2.40. The van der Waals surface area contributed by atoms with Gasteiger partial charge in [-0.3, -0.25) is 0 Å². The minimum absolute atomic E-state index is 0.0645. The van der Waals surface area contributed by atoms with Crippen molar-refractivity contribution in [1.82, 2.24) is 5.32 Å². The second-order valence-corrected chi connectivity index (χ2v) is 6.31. The standard InChI is InChI=1S/C15H14BrFIN/c1-2-19-15(10-3-5-11(17)6-4-10)13-9-12(18)7-8-14(13)16/h3-9,15,19H,2H2,1H3. The molecule has 0 aliphatic carbocycles. The van der Waals surface area contributed by atoms with Gasteiger partial charge in [0.25, 0.3) is 0 Å². The van der Waals surface area contributed by atoms with E-state index >= 15 is 0 Å². The Hall–Kier alpha value is -0.460. The summed E-state index contributed by atoms with van der Waals surface area (Å²) in [5, 5.41) is 3.45. The zero-order chi connectivity index (χ0) is 13.8. The Balaban J connectivity index is 2.44. The van der Waals surface area contributed by atoms with Gasteiger partial charge in [-0.25, -0.2) is 4.39 Å². The molecule has 1 N–H and O–H groups in total. The van der Waals surface area contributed by atoms with Crippen molar-refractivity contribution >= 4 is 38.5 Å². The largest absolute Gasteiger partial charge is 0.306 e. The summed E-state index contributed by atoms with van der Waals surface area (Å²) in [6.07, 6.45) is 0. The van der Waals surface area contributed by atoms with Crippen LogP contribution < -0.4 is 5.32 Å². The first-order chi connectivity index (χ1) is 9.11. The fourth-order valence-electron chi connectivity index (χ4n) is 2.00. The van der Waals surface area contributed by atoms with Gasteiger partial charge in [-0.05, 0) is 70.6 Å². The first kappa shape index (κ1) is 14.9. The van der Waals surface area contributed by atoms with Crippen LogP contribution in [0.5, 0.6) is 0 Å². The van der Waals surface area contributed by atoms with E-state index in [2.05, 4.69) is 62.9 Å². The lowest BCUT2D eigenvalue weighted by molar-refractivity contribution is 0.612. The Labute approximate surface area is 134 Å². The molecular weight excluding hydrogens is 420 g/mol. The van der Waals surface area contributed by atoms with E-state index in [-0.39, 0.29) is 11.9 Å². The fraction of sp³-hybridized carbons (Fsp3) is 0.200. The highest BCUT2D eigenvalue weighted by Gasteiger charge is 2.16. The molecule has 4 heteroatoms. The lowest BCUT2D eigenvalue weighted by Crippen LogP contribution is -2.22. The second kappa shape index (κ2) is 6.81. The average molecular weight is 434 g/mol. The maximum Gasteiger partial charge on any atom is 0.123 e. The van der Waals surface area contributed by atoms with Crippen LogP contribution >= 0.6 is 38.5 Å². The molecule has 0 saturated heterocycles. The molecule has 0 aromatic heterocycles. The smallest absolute Gasteiger partial charge is 0.123 e. The molecule has 0 amide bonds. The van der Waals surface area contributed by atoms with Crippen molar-refractivity contribution in [3.63, 3.8) is 0 Å². The molecular formula is C15H14BrFIN. The van der Waals surface area contributed by atoms with Gasteiger partial charge in [0.05, 0.1) is 6.04 Å². The van der Waals surface area contributed by atoms with Crippen LogP contribution in [0.3, 0.4) is 0 Å². The monoisotopic (exact) mass is 433 g/mol. The van der Waals surface area contributed by atoms with Crippen LogP contribution in [0.2, 0.25) is 0 Å². The number of hydrogen-bond acceptors (Lipinski definition) is 1. The zero-order valence-corrected chi connectivity index (χ0v) is 14.2. The summed E-state index contributed by atoms with van der Waals surface area (Å²) in [4.78, 5) is 0. The van der Waals surface area contributed by atoms with Gasteiger partial charge in [0.2, 0.25) is 0 Å². The maximum absolute atomic E-state index is 13.1. The van der Waals surface area contributed by atoms with E-state index < -0.39 is 0 Å². The molecule has 19 heavy (non-hydrogen) atoms. The summed E-state index contributed by atoms with van der Waals surface area (Å²) in [6, 6.07) is 13.0. The van der Waals surface area contributed by atoms with Gasteiger partial charge >= 0.3 is 0 Å². The Bertz CT molecular complexity index is 557. The summed E-state index contributed by atoms with van der Waals surface area (Å²) < 4.78 is 15.3. The quantitative estimate of drug-likeness (QED) is 0.676. The van der Waals surface area contributed by atoms with Gasteiger partial charge < -0.3 is 5.32 Å². The topological polar surface area (TPSA) is 12.0 Å². The third kappa shape index (κ3) is 3.77. The highest BCUT2D eigenvalue weighted by atomic mass is 127. The van der Waals surface area contributed by atoms with Crippen molar-refractivity contribution in [2.75, 3.05) is 6.54 Å². The second-order valence-electron chi connectivity index (χ2n) is 4.21. The molecule has 1 atom stereocenters. The molecule has 0 saturated carbocycles. The normalized spacial score (nSPS) is 12.4. The fourth-order valence-corrected chi connectivity index (χ4v) is 2.99. The zero-order valence-electron chi connectivity index (χ0n) is 10.5. The predicted octanol–water partition coefficient (Wildman–Crippen LogP) is 4.89. The van der Waals surface area contributed by atoms with Gasteiger partial charge in [0, 0.05) is 8.04 Å². The van der Waals surface area contributed by atoms with Crippen LogP contribution in [0.4, 0.5) is 4.39 Å². The van der Waals surface area contributed by atoms with E-state index in [1.807, 2.05) is 18.2 Å². The summed E-state index contributed by atoms with van der Waals surface area (Å²) in [7, 11) is 0. The van der Waals surface area contributed by atoms with Gasteiger partial charge in [0.1, 0.15) is 5.82 Å². The molecule has 0 aliphatic heterocycles. The maximum atomic E-state index is 13.1. The lowest BCUT2D eigenvalue weighted by atomic mass is 9.98. The molecule has 100 valence electrons. The van der Waals surface area contributed by atoms with Crippen molar-refractivity contribution in [3.05, 3.63) is 67.5 Å². The summed E-state index contributed by atoms with van der Waals surface area (Å²) >= 11 is 5.90. The molecule has 0 aliphatic rings. The third-order valence-electron chi connectivity index (χ3n) is 2.88. The van der Waals surface area contributed by atoms with Crippen LogP contribution in [0.25, 0.3) is 0 Å². The molecule has 1 nitrogen and oxygen atoms in total. The van der Waals surface area contributed by atoms with Gasteiger partial charge in [-0.1, -0.05) is 35.0 Å². The van der Waals surface area contributed by atoms with Crippen LogP contribution in [-0.4, -0.2) is 6.54 Å². The minimum Gasteiger partial charge on any atom is -0.306 e. The molecule has 1 unspecified atom stereocenters. The summed E-state index contributed by atoms with van der Waals surface area (Å²) in [6.45, 7) is 2.91. The molecule has 0 radical (unpaired) electrons. The van der Waals surface area contributed by atoms with E-state index in [0.717, 1.165) is 16.6 Å². The van der Waals surface area contributed by atoms with Crippen molar-refractivity contribution in [2.24, 2.45) is 0 Å². The van der Waals surface area contributed by atoms with E-state index in [1.54, 1.807) is 0 Å². The number of nitrogens with one attached hydrogen (secondary N) is 1. The van der Waals surface area contributed by atoms with Crippen molar-refractivity contribution in [2.45, 2.75) is 13.0 Å². The molecule has 0 bridgehead atoms. The van der Waals surface area contributed by atoms with Gasteiger partial charge in [-0.2, -0.15) is 0 Å². The Morgan fingerprint density at radius 1 is 1.21 bits per heavy atom. The molecule has 0 fully saturated rings. The van der Waals surface area contributed by atoms with Crippen LogP contribution in [0.1, 0.15) is 24.1 Å². The summed E-state index contributed by atoms with van der Waals surface area (Å²) in [5.41, 5.74) is 2.23. The molecule has 2 aromatic carbocycles. The summed E-state index contributed by atoms with van der Waals surface area (Å²) in [5.74, 6) is -0.208. The Kier molecular flexibility index (Phi) is 5.36. The first-order valence-electron chi connectivity index (χ1n) is 6.05. The predicted molar refractivity (Wildman–Crippen MR) is 88.8 cm³/mol. The van der Waals surface area contributed by atoms with E-state index in [1.165, 1.54) is 21.3 Å². The molecule has 0 heterocycles. The van der Waals surface area contributed by atoms with Crippen LogP contribution in [0.15, 0.2) is 46.9 Å². The van der Waals surface area contributed by atoms with Crippen molar-refractivity contribution in [3.8, 4) is 0 Å². The third-order valence-corrected chi connectivity index (χ3v) is 4.27. The first-order valence-corrected chi connectivity index (χ1v) is 7.92. The SMILES string of the molecule is CCNC(c1ccc(F)cc1)c1cc(I)ccc1Br. The van der Waals surface area contributed by atoms with Crippen molar-refractivity contribution in [1.29, 1.82) is 0 Å². The number of halogens is 3. The number of benzene rings is 2. The van der Waals surface area contributed by atoms with E-state index in [4.69, 9.17) is 0 Å². The highest BCUT2D eigenvalue weighted by Crippen LogP contribution is 2.30. The van der Waals surface area contributed by atoms with Crippen LogP contribution in [-0.2, 0) is 0 Å².